The lowest BCUT2D eigenvalue weighted by Crippen LogP contribution is -2.03. The van der Waals surface area contributed by atoms with E-state index in [1.807, 2.05) is 61.3 Å². The van der Waals surface area contributed by atoms with Gasteiger partial charge in [0.05, 0.1) is 52.6 Å². The maximum Gasteiger partial charge on any atom is 0.0662 e. The predicted molar refractivity (Wildman–Crippen MR) is 124 cm³/mol. The summed E-state index contributed by atoms with van der Waals surface area (Å²) in [6.45, 7) is 4.83. The number of benzene rings is 2. The van der Waals surface area contributed by atoms with E-state index in [2.05, 4.69) is 32.1 Å². The molecule has 0 aliphatic carbocycles. The number of aliphatic imine (C=N–C) groups is 4. The molecule has 6 heteroatoms. The number of hydrogen-bond donors (Lipinski definition) is 0. The van der Waals surface area contributed by atoms with Crippen LogP contribution in [0.3, 0.4) is 0 Å². The molecule has 0 atom stereocenters. The first-order valence-electron chi connectivity index (χ1n) is 10.2. The lowest BCUT2D eigenvalue weighted by Gasteiger charge is -2.01. The molecule has 0 fully saturated rings. The molecule has 0 amide bonds. The molecule has 156 valence electrons. The second kappa shape index (κ2) is 13.3. The first-order chi connectivity index (χ1) is 14.9. The van der Waals surface area contributed by atoms with Crippen molar-refractivity contribution in [1.29, 1.82) is 0 Å². The molecule has 0 spiro atoms. The SMILES string of the molecule is C1=NCCOCCN=Cc2cccc(c2)C=NCCOCCN=Cc2cccc1c2. The second-order valence-electron chi connectivity index (χ2n) is 6.71. The van der Waals surface area contributed by atoms with Gasteiger partial charge in [-0.2, -0.15) is 0 Å². The van der Waals surface area contributed by atoms with Gasteiger partial charge in [-0.3, -0.25) is 20.0 Å². The highest BCUT2D eigenvalue weighted by atomic mass is 16.5. The Morgan fingerprint density at radius 2 is 0.767 bits per heavy atom. The quantitative estimate of drug-likeness (QED) is 0.677. The highest BCUT2D eigenvalue weighted by Crippen LogP contribution is 2.02. The number of fused-ring (bicyclic) bond motifs is 4. The first kappa shape index (κ1) is 21.7. The van der Waals surface area contributed by atoms with Gasteiger partial charge in [0, 0.05) is 24.9 Å². The minimum absolute atomic E-state index is 0.582. The highest BCUT2D eigenvalue weighted by molar-refractivity contribution is 5.86. The van der Waals surface area contributed by atoms with Gasteiger partial charge in [-0.1, -0.05) is 36.4 Å². The van der Waals surface area contributed by atoms with Crippen LogP contribution in [0.2, 0.25) is 0 Å². The van der Waals surface area contributed by atoms with Gasteiger partial charge >= 0.3 is 0 Å². The smallest absolute Gasteiger partial charge is 0.0662 e. The van der Waals surface area contributed by atoms with Crippen LogP contribution >= 0.6 is 0 Å². The third kappa shape index (κ3) is 8.59. The summed E-state index contributed by atoms with van der Waals surface area (Å²) in [5.41, 5.74) is 4.20. The Morgan fingerprint density at radius 1 is 0.467 bits per heavy atom. The third-order valence-corrected chi connectivity index (χ3v) is 4.24. The zero-order valence-electron chi connectivity index (χ0n) is 17.2. The standard InChI is InChI=1S/C24H28N4O2/c1-3-21-15-22(4-1)18-26-8-12-30-14-10-28-20-24-6-2-5-23(16-24)19-27-9-13-29-11-7-25-17-21/h1-6,15-20H,7-14H2. The summed E-state index contributed by atoms with van der Waals surface area (Å²) >= 11 is 0. The van der Waals surface area contributed by atoms with Crippen molar-refractivity contribution >= 4 is 24.9 Å². The summed E-state index contributed by atoms with van der Waals surface area (Å²) in [5, 5.41) is 0. The van der Waals surface area contributed by atoms with Crippen LogP contribution in [0.5, 0.6) is 0 Å². The summed E-state index contributed by atoms with van der Waals surface area (Å²) in [6, 6.07) is 16.2. The van der Waals surface area contributed by atoms with E-state index in [0.717, 1.165) is 22.3 Å². The Labute approximate surface area is 178 Å². The predicted octanol–water partition coefficient (Wildman–Crippen LogP) is 3.11. The summed E-state index contributed by atoms with van der Waals surface area (Å²) in [4.78, 5) is 17.7. The minimum atomic E-state index is 0.582. The Kier molecular flexibility index (Phi) is 9.64. The molecule has 2 aromatic carbocycles. The highest BCUT2D eigenvalue weighted by Gasteiger charge is 1.94. The van der Waals surface area contributed by atoms with E-state index in [1.165, 1.54) is 0 Å². The van der Waals surface area contributed by atoms with E-state index in [0.29, 0.717) is 52.6 Å². The fraction of sp³-hybridized carbons (Fsp3) is 0.333. The fourth-order valence-electron chi connectivity index (χ4n) is 2.79. The Hall–Kier alpha value is -2.96. The molecule has 0 aromatic heterocycles. The van der Waals surface area contributed by atoms with Crippen molar-refractivity contribution in [1.82, 2.24) is 0 Å². The summed E-state index contributed by atoms with van der Waals surface area (Å²) in [6.07, 6.45) is 7.48. The maximum atomic E-state index is 5.60. The van der Waals surface area contributed by atoms with Crippen molar-refractivity contribution in [3.8, 4) is 0 Å². The topological polar surface area (TPSA) is 67.9 Å². The molecule has 1 aliphatic rings. The Balaban J connectivity index is 1.58. The van der Waals surface area contributed by atoms with E-state index < -0.39 is 0 Å². The molecule has 0 unspecified atom stereocenters. The second-order valence-corrected chi connectivity index (χ2v) is 6.71. The zero-order valence-corrected chi connectivity index (χ0v) is 17.2. The average molecular weight is 405 g/mol. The molecule has 1 heterocycles. The molecule has 4 bridgehead atoms. The van der Waals surface area contributed by atoms with Gasteiger partial charge in [0.2, 0.25) is 0 Å². The molecule has 30 heavy (non-hydrogen) atoms. The molecular formula is C24H28N4O2. The van der Waals surface area contributed by atoms with Crippen molar-refractivity contribution in [2.75, 3.05) is 52.6 Å². The molecule has 0 saturated heterocycles. The molecule has 3 rings (SSSR count). The van der Waals surface area contributed by atoms with E-state index >= 15 is 0 Å². The first-order valence-corrected chi connectivity index (χ1v) is 10.2. The normalized spacial score (nSPS) is 16.8. The van der Waals surface area contributed by atoms with E-state index in [-0.39, 0.29) is 0 Å². The largest absolute Gasteiger partial charge is 0.378 e. The van der Waals surface area contributed by atoms with Crippen LogP contribution in [0, 0.1) is 0 Å². The monoisotopic (exact) mass is 404 g/mol. The maximum absolute atomic E-state index is 5.60. The molecule has 0 saturated carbocycles. The van der Waals surface area contributed by atoms with Crippen LogP contribution < -0.4 is 0 Å². The number of ether oxygens (including phenoxy) is 2. The van der Waals surface area contributed by atoms with E-state index in [4.69, 9.17) is 9.47 Å². The van der Waals surface area contributed by atoms with Crippen LogP contribution in [0.4, 0.5) is 0 Å². The van der Waals surface area contributed by atoms with Crippen molar-refractivity contribution < 1.29 is 9.47 Å². The van der Waals surface area contributed by atoms with E-state index in [9.17, 15) is 0 Å². The summed E-state index contributed by atoms with van der Waals surface area (Å²) in [5.74, 6) is 0. The van der Waals surface area contributed by atoms with Crippen LogP contribution in [-0.2, 0) is 9.47 Å². The fourth-order valence-corrected chi connectivity index (χ4v) is 2.79. The van der Waals surface area contributed by atoms with Crippen molar-refractivity contribution in [2.24, 2.45) is 20.0 Å². The third-order valence-electron chi connectivity index (χ3n) is 4.24. The van der Waals surface area contributed by atoms with Gasteiger partial charge in [-0.15, -0.1) is 0 Å². The van der Waals surface area contributed by atoms with Crippen LogP contribution in [0.15, 0.2) is 68.5 Å². The molecule has 0 radical (unpaired) electrons. The number of hydrogen-bond acceptors (Lipinski definition) is 6. The van der Waals surface area contributed by atoms with Crippen LogP contribution in [0.25, 0.3) is 0 Å². The van der Waals surface area contributed by atoms with Crippen LogP contribution in [0.1, 0.15) is 22.3 Å². The van der Waals surface area contributed by atoms with Gasteiger partial charge < -0.3 is 9.47 Å². The van der Waals surface area contributed by atoms with Crippen molar-refractivity contribution in [3.05, 3.63) is 70.8 Å². The minimum Gasteiger partial charge on any atom is -0.378 e. The Morgan fingerprint density at radius 3 is 1.07 bits per heavy atom. The van der Waals surface area contributed by atoms with Crippen molar-refractivity contribution in [3.63, 3.8) is 0 Å². The molecular weight excluding hydrogens is 376 g/mol. The molecule has 6 nitrogen and oxygen atoms in total. The number of nitrogens with zero attached hydrogens (tertiary/aromatic N) is 4. The lowest BCUT2D eigenvalue weighted by atomic mass is 10.1. The van der Waals surface area contributed by atoms with Gasteiger partial charge in [0.15, 0.2) is 0 Å². The van der Waals surface area contributed by atoms with Gasteiger partial charge in [0.25, 0.3) is 0 Å². The van der Waals surface area contributed by atoms with Crippen LogP contribution in [-0.4, -0.2) is 77.5 Å². The molecule has 0 N–H and O–H groups in total. The number of rotatable bonds is 0. The lowest BCUT2D eigenvalue weighted by molar-refractivity contribution is 0.150. The summed E-state index contributed by atoms with van der Waals surface area (Å²) < 4.78 is 11.2. The zero-order chi connectivity index (χ0) is 20.7. The molecule has 1 aliphatic heterocycles. The summed E-state index contributed by atoms with van der Waals surface area (Å²) in [7, 11) is 0. The van der Waals surface area contributed by atoms with Crippen molar-refractivity contribution in [2.45, 2.75) is 0 Å². The van der Waals surface area contributed by atoms with E-state index in [1.54, 1.807) is 0 Å². The average Bonchev–Trinajstić information content (AvgIpc) is 2.77. The van der Waals surface area contributed by atoms with Gasteiger partial charge in [0.1, 0.15) is 0 Å². The van der Waals surface area contributed by atoms with Gasteiger partial charge in [-0.25, -0.2) is 0 Å². The Bertz CT molecular complexity index is 754. The van der Waals surface area contributed by atoms with Gasteiger partial charge in [-0.05, 0) is 34.4 Å². The molecule has 2 aromatic rings.